The molecule has 0 heterocycles. The van der Waals surface area contributed by atoms with E-state index in [9.17, 15) is 13.2 Å². The first kappa shape index (κ1) is 20.9. The number of rotatable bonds is 6. The maximum absolute atomic E-state index is 12.7. The third kappa shape index (κ3) is 4.87. The second-order valence-corrected chi connectivity index (χ2v) is 9.07. The van der Waals surface area contributed by atoms with E-state index in [0.29, 0.717) is 6.54 Å². The molecular formula is C24H19ClN2O3S. The van der Waals surface area contributed by atoms with Crippen molar-refractivity contribution in [2.75, 3.05) is 4.72 Å². The van der Waals surface area contributed by atoms with Gasteiger partial charge in [-0.3, -0.25) is 9.52 Å². The summed E-state index contributed by atoms with van der Waals surface area (Å²) >= 11 is 6.20. The number of halogens is 1. The van der Waals surface area contributed by atoms with Crippen molar-refractivity contribution in [3.05, 3.63) is 107 Å². The molecule has 0 atom stereocenters. The van der Waals surface area contributed by atoms with E-state index in [-0.39, 0.29) is 27.1 Å². The number of benzene rings is 4. The molecule has 0 spiro atoms. The van der Waals surface area contributed by atoms with Crippen LogP contribution in [-0.4, -0.2) is 14.3 Å². The van der Waals surface area contributed by atoms with Crippen LogP contribution in [0.3, 0.4) is 0 Å². The Kier molecular flexibility index (Phi) is 5.93. The van der Waals surface area contributed by atoms with Crippen molar-refractivity contribution in [1.82, 2.24) is 5.32 Å². The second kappa shape index (κ2) is 8.79. The SMILES string of the molecule is O=C(NCc1ccc2ccccc2c1)c1cc(NS(=O)(=O)c2ccccc2)ccc1Cl. The highest BCUT2D eigenvalue weighted by atomic mass is 35.5. The van der Waals surface area contributed by atoms with Crippen LogP contribution in [0.2, 0.25) is 5.02 Å². The molecule has 1 amide bonds. The Hall–Kier alpha value is -3.35. The van der Waals surface area contributed by atoms with Gasteiger partial charge in [-0.15, -0.1) is 0 Å². The number of carbonyl (C=O) groups is 1. The van der Waals surface area contributed by atoms with Crippen molar-refractivity contribution in [3.63, 3.8) is 0 Å². The van der Waals surface area contributed by atoms with E-state index in [1.165, 1.54) is 30.3 Å². The molecule has 0 unspecified atom stereocenters. The minimum absolute atomic E-state index is 0.132. The van der Waals surface area contributed by atoms with Gasteiger partial charge >= 0.3 is 0 Å². The fraction of sp³-hybridized carbons (Fsp3) is 0.0417. The highest BCUT2D eigenvalue weighted by molar-refractivity contribution is 7.92. The number of anilines is 1. The second-order valence-electron chi connectivity index (χ2n) is 6.98. The summed E-state index contributed by atoms with van der Waals surface area (Å²) in [7, 11) is -3.77. The molecule has 4 aromatic carbocycles. The van der Waals surface area contributed by atoms with Gasteiger partial charge in [0.05, 0.1) is 15.5 Å². The van der Waals surface area contributed by atoms with Crippen molar-refractivity contribution in [3.8, 4) is 0 Å². The maximum atomic E-state index is 12.7. The minimum Gasteiger partial charge on any atom is -0.348 e. The first-order valence-electron chi connectivity index (χ1n) is 9.56. The predicted octanol–water partition coefficient (Wildman–Crippen LogP) is 5.22. The fourth-order valence-corrected chi connectivity index (χ4v) is 4.48. The van der Waals surface area contributed by atoms with Gasteiger partial charge in [0.15, 0.2) is 0 Å². The Labute approximate surface area is 185 Å². The van der Waals surface area contributed by atoms with Crippen molar-refractivity contribution in [1.29, 1.82) is 0 Å². The Balaban J connectivity index is 1.50. The van der Waals surface area contributed by atoms with E-state index in [0.717, 1.165) is 16.3 Å². The lowest BCUT2D eigenvalue weighted by atomic mass is 10.1. The third-order valence-corrected chi connectivity index (χ3v) is 6.51. The molecule has 31 heavy (non-hydrogen) atoms. The number of fused-ring (bicyclic) bond motifs is 1. The molecular weight excluding hydrogens is 432 g/mol. The van der Waals surface area contributed by atoms with Gasteiger partial charge in [0.25, 0.3) is 15.9 Å². The Bertz CT molecular complexity index is 1360. The zero-order valence-corrected chi connectivity index (χ0v) is 18.0. The molecule has 0 saturated heterocycles. The van der Waals surface area contributed by atoms with Gasteiger partial charge in [0, 0.05) is 12.2 Å². The summed E-state index contributed by atoms with van der Waals surface area (Å²) in [6.07, 6.45) is 0. The number of hydrogen-bond donors (Lipinski definition) is 2. The molecule has 4 rings (SSSR count). The van der Waals surface area contributed by atoms with Crippen molar-refractivity contribution < 1.29 is 13.2 Å². The van der Waals surface area contributed by atoms with Crippen LogP contribution in [0.5, 0.6) is 0 Å². The van der Waals surface area contributed by atoms with Crippen LogP contribution in [0.25, 0.3) is 10.8 Å². The monoisotopic (exact) mass is 450 g/mol. The van der Waals surface area contributed by atoms with Crippen LogP contribution in [0.1, 0.15) is 15.9 Å². The topological polar surface area (TPSA) is 75.3 Å². The van der Waals surface area contributed by atoms with Gasteiger partial charge in [0.1, 0.15) is 0 Å². The number of carbonyl (C=O) groups excluding carboxylic acids is 1. The number of hydrogen-bond acceptors (Lipinski definition) is 3. The van der Waals surface area contributed by atoms with Crippen molar-refractivity contribution in [2.24, 2.45) is 0 Å². The normalized spacial score (nSPS) is 11.3. The summed E-state index contributed by atoms with van der Waals surface area (Å²) < 4.78 is 27.6. The van der Waals surface area contributed by atoms with Crippen molar-refractivity contribution in [2.45, 2.75) is 11.4 Å². The average Bonchev–Trinajstić information content (AvgIpc) is 2.79. The average molecular weight is 451 g/mol. The summed E-state index contributed by atoms with van der Waals surface area (Å²) in [6, 6.07) is 26.4. The van der Waals surface area contributed by atoms with Gasteiger partial charge in [-0.05, 0) is 52.7 Å². The quantitative estimate of drug-likeness (QED) is 0.422. The maximum Gasteiger partial charge on any atom is 0.261 e. The molecule has 0 saturated carbocycles. The van der Waals surface area contributed by atoms with E-state index in [1.807, 2.05) is 42.5 Å². The zero-order chi connectivity index (χ0) is 21.8. The van der Waals surface area contributed by atoms with Crippen LogP contribution in [0.4, 0.5) is 5.69 Å². The van der Waals surface area contributed by atoms with Crippen LogP contribution in [-0.2, 0) is 16.6 Å². The smallest absolute Gasteiger partial charge is 0.261 e. The van der Waals surface area contributed by atoms with Gasteiger partial charge < -0.3 is 5.32 Å². The standard InChI is InChI=1S/C24H19ClN2O3S/c25-23-13-12-20(27-31(29,30)21-8-2-1-3-9-21)15-22(23)24(28)26-16-17-10-11-18-6-4-5-7-19(18)14-17/h1-15,27H,16H2,(H,26,28). The molecule has 0 bridgehead atoms. The lowest BCUT2D eigenvalue weighted by Crippen LogP contribution is -2.23. The molecule has 4 aromatic rings. The van der Waals surface area contributed by atoms with Crippen LogP contribution in [0.15, 0.2) is 95.9 Å². The minimum atomic E-state index is -3.77. The van der Waals surface area contributed by atoms with Crippen LogP contribution in [0, 0.1) is 0 Å². The third-order valence-electron chi connectivity index (χ3n) is 4.78. The summed E-state index contributed by atoms with van der Waals surface area (Å²) in [5.74, 6) is -0.390. The van der Waals surface area contributed by atoms with E-state index in [2.05, 4.69) is 10.0 Å². The lowest BCUT2D eigenvalue weighted by molar-refractivity contribution is 0.0951. The molecule has 0 aliphatic rings. The number of sulfonamides is 1. The Morgan fingerprint density at radius 3 is 2.29 bits per heavy atom. The van der Waals surface area contributed by atoms with Gasteiger partial charge in [-0.2, -0.15) is 0 Å². The van der Waals surface area contributed by atoms with E-state index in [4.69, 9.17) is 11.6 Å². The van der Waals surface area contributed by atoms with Gasteiger partial charge in [-0.1, -0.05) is 66.2 Å². The van der Waals surface area contributed by atoms with Gasteiger partial charge in [0.2, 0.25) is 0 Å². The zero-order valence-electron chi connectivity index (χ0n) is 16.4. The molecule has 0 radical (unpaired) electrons. The van der Waals surface area contributed by atoms with Crippen LogP contribution < -0.4 is 10.0 Å². The van der Waals surface area contributed by atoms with E-state index >= 15 is 0 Å². The summed E-state index contributed by atoms with van der Waals surface area (Å²) in [6.45, 7) is 0.319. The summed E-state index contributed by atoms with van der Waals surface area (Å²) in [4.78, 5) is 12.8. The van der Waals surface area contributed by atoms with Crippen molar-refractivity contribution >= 4 is 44.0 Å². The Morgan fingerprint density at radius 1 is 0.806 bits per heavy atom. The molecule has 7 heteroatoms. The lowest BCUT2D eigenvalue weighted by Gasteiger charge is -2.12. The molecule has 2 N–H and O–H groups in total. The number of amides is 1. The number of nitrogens with one attached hydrogen (secondary N) is 2. The fourth-order valence-electron chi connectivity index (χ4n) is 3.20. The molecule has 0 aliphatic heterocycles. The van der Waals surface area contributed by atoms with E-state index in [1.54, 1.807) is 18.2 Å². The molecule has 5 nitrogen and oxygen atoms in total. The molecule has 156 valence electrons. The van der Waals surface area contributed by atoms with E-state index < -0.39 is 10.0 Å². The summed E-state index contributed by atoms with van der Waals surface area (Å²) in [5, 5.41) is 5.29. The van der Waals surface area contributed by atoms with Crippen LogP contribution >= 0.6 is 11.6 Å². The summed E-state index contributed by atoms with van der Waals surface area (Å²) in [5.41, 5.74) is 1.39. The molecule has 0 aliphatic carbocycles. The molecule has 0 aromatic heterocycles. The Morgan fingerprint density at radius 2 is 1.52 bits per heavy atom. The highest BCUT2D eigenvalue weighted by Crippen LogP contribution is 2.23. The largest absolute Gasteiger partial charge is 0.348 e. The molecule has 0 fully saturated rings. The highest BCUT2D eigenvalue weighted by Gasteiger charge is 2.16. The first-order chi connectivity index (χ1) is 14.9. The van der Waals surface area contributed by atoms with Gasteiger partial charge in [-0.25, -0.2) is 8.42 Å². The predicted molar refractivity (Wildman–Crippen MR) is 124 cm³/mol. The first-order valence-corrected chi connectivity index (χ1v) is 11.4.